The minimum atomic E-state index is -0.00842. The summed E-state index contributed by atoms with van der Waals surface area (Å²) in [5.41, 5.74) is 1.09. The first kappa shape index (κ1) is 10.6. The molecule has 0 radical (unpaired) electrons. The standard InChI is InChI=1S/C12H15NO/c1-4-12(13-5-2)10-6-8-11(14-3)9-7-10/h1,6-9,12-13H,5H2,2-3H3. The van der Waals surface area contributed by atoms with Crippen molar-refractivity contribution < 1.29 is 4.74 Å². The van der Waals surface area contributed by atoms with Gasteiger partial charge in [0.2, 0.25) is 0 Å². The van der Waals surface area contributed by atoms with Crippen LogP contribution in [0.15, 0.2) is 24.3 Å². The second-order valence-electron chi connectivity index (χ2n) is 2.93. The molecule has 0 amide bonds. The molecule has 0 bridgehead atoms. The summed E-state index contributed by atoms with van der Waals surface area (Å²) in [6.45, 7) is 2.90. The fourth-order valence-corrected chi connectivity index (χ4v) is 1.27. The molecule has 1 atom stereocenters. The highest BCUT2D eigenvalue weighted by atomic mass is 16.5. The molecule has 0 saturated heterocycles. The molecule has 1 N–H and O–H groups in total. The Balaban J connectivity index is 2.79. The Morgan fingerprint density at radius 2 is 2.07 bits per heavy atom. The molecular formula is C12H15NO. The Labute approximate surface area is 85.3 Å². The van der Waals surface area contributed by atoms with E-state index in [-0.39, 0.29) is 6.04 Å². The van der Waals surface area contributed by atoms with Crippen LogP contribution in [0, 0.1) is 12.3 Å². The van der Waals surface area contributed by atoms with Crippen LogP contribution in [-0.2, 0) is 0 Å². The summed E-state index contributed by atoms with van der Waals surface area (Å²) in [5.74, 6) is 3.55. The molecule has 2 heteroatoms. The Hall–Kier alpha value is -1.46. The van der Waals surface area contributed by atoms with E-state index in [0.717, 1.165) is 17.9 Å². The fraction of sp³-hybridized carbons (Fsp3) is 0.333. The van der Waals surface area contributed by atoms with Crippen LogP contribution in [0.1, 0.15) is 18.5 Å². The fourth-order valence-electron chi connectivity index (χ4n) is 1.27. The second kappa shape index (κ2) is 5.31. The lowest BCUT2D eigenvalue weighted by atomic mass is 10.1. The van der Waals surface area contributed by atoms with Crippen LogP contribution < -0.4 is 10.1 Å². The maximum absolute atomic E-state index is 5.42. The van der Waals surface area contributed by atoms with Gasteiger partial charge in [-0.15, -0.1) is 6.42 Å². The van der Waals surface area contributed by atoms with Gasteiger partial charge in [0.25, 0.3) is 0 Å². The molecule has 2 nitrogen and oxygen atoms in total. The largest absolute Gasteiger partial charge is 0.497 e. The quantitative estimate of drug-likeness (QED) is 0.731. The smallest absolute Gasteiger partial charge is 0.118 e. The van der Waals surface area contributed by atoms with Crippen molar-refractivity contribution in [3.63, 3.8) is 0 Å². The van der Waals surface area contributed by atoms with Crippen LogP contribution in [0.2, 0.25) is 0 Å². The van der Waals surface area contributed by atoms with E-state index in [1.165, 1.54) is 0 Å². The lowest BCUT2D eigenvalue weighted by Gasteiger charge is -2.11. The Morgan fingerprint density at radius 3 is 2.50 bits per heavy atom. The first-order valence-corrected chi connectivity index (χ1v) is 4.65. The SMILES string of the molecule is C#CC(NCC)c1ccc(OC)cc1. The van der Waals surface area contributed by atoms with Crippen molar-refractivity contribution in [2.24, 2.45) is 0 Å². The van der Waals surface area contributed by atoms with E-state index in [2.05, 4.69) is 11.2 Å². The summed E-state index contributed by atoms with van der Waals surface area (Å²) in [4.78, 5) is 0. The van der Waals surface area contributed by atoms with Crippen LogP contribution >= 0.6 is 0 Å². The predicted octanol–water partition coefficient (Wildman–Crippen LogP) is 1.98. The topological polar surface area (TPSA) is 21.3 Å². The molecule has 1 rings (SSSR count). The molecule has 74 valence electrons. The summed E-state index contributed by atoms with van der Waals surface area (Å²) in [7, 11) is 1.65. The monoisotopic (exact) mass is 189 g/mol. The minimum absolute atomic E-state index is 0.00842. The molecule has 0 spiro atoms. The lowest BCUT2D eigenvalue weighted by molar-refractivity contribution is 0.414. The van der Waals surface area contributed by atoms with Crippen molar-refractivity contribution in [3.05, 3.63) is 29.8 Å². The van der Waals surface area contributed by atoms with Gasteiger partial charge in [-0.3, -0.25) is 0 Å². The number of benzene rings is 1. The molecule has 1 unspecified atom stereocenters. The zero-order valence-electron chi connectivity index (χ0n) is 8.58. The molecule has 0 saturated carbocycles. The van der Waals surface area contributed by atoms with E-state index in [9.17, 15) is 0 Å². The third-order valence-corrected chi connectivity index (χ3v) is 2.02. The van der Waals surface area contributed by atoms with Gasteiger partial charge in [-0.25, -0.2) is 0 Å². The number of nitrogens with one attached hydrogen (secondary N) is 1. The molecule has 0 fully saturated rings. The summed E-state index contributed by atoms with van der Waals surface area (Å²) in [6.07, 6.45) is 5.42. The van der Waals surface area contributed by atoms with Gasteiger partial charge >= 0.3 is 0 Å². The van der Waals surface area contributed by atoms with Gasteiger partial charge in [0, 0.05) is 0 Å². The second-order valence-corrected chi connectivity index (χ2v) is 2.93. The first-order valence-electron chi connectivity index (χ1n) is 4.65. The van der Waals surface area contributed by atoms with Gasteiger partial charge in [0.1, 0.15) is 5.75 Å². The van der Waals surface area contributed by atoms with Gasteiger partial charge in [-0.1, -0.05) is 25.0 Å². The van der Waals surface area contributed by atoms with E-state index >= 15 is 0 Å². The zero-order chi connectivity index (χ0) is 10.4. The number of hydrogen-bond acceptors (Lipinski definition) is 2. The van der Waals surface area contributed by atoms with Crippen LogP contribution in [0.25, 0.3) is 0 Å². The molecule has 1 aromatic rings. The normalized spacial score (nSPS) is 11.8. The molecule has 0 aromatic heterocycles. The molecule has 0 heterocycles. The van der Waals surface area contributed by atoms with Gasteiger partial charge in [0.15, 0.2) is 0 Å². The van der Waals surface area contributed by atoms with Gasteiger partial charge in [-0.2, -0.15) is 0 Å². The predicted molar refractivity (Wildman–Crippen MR) is 58.2 cm³/mol. The van der Waals surface area contributed by atoms with E-state index in [1.54, 1.807) is 7.11 Å². The third-order valence-electron chi connectivity index (χ3n) is 2.02. The van der Waals surface area contributed by atoms with Gasteiger partial charge in [0.05, 0.1) is 13.2 Å². The Morgan fingerprint density at radius 1 is 1.43 bits per heavy atom. The van der Waals surface area contributed by atoms with Crippen LogP contribution in [0.5, 0.6) is 5.75 Å². The number of hydrogen-bond donors (Lipinski definition) is 1. The highest BCUT2D eigenvalue weighted by Crippen LogP contribution is 2.16. The summed E-state index contributed by atoms with van der Waals surface area (Å²) >= 11 is 0. The molecule has 0 aliphatic rings. The first-order chi connectivity index (χ1) is 6.81. The van der Waals surface area contributed by atoms with E-state index in [4.69, 9.17) is 11.2 Å². The minimum Gasteiger partial charge on any atom is -0.497 e. The van der Waals surface area contributed by atoms with Crippen LogP contribution in [-0.4, -0.2) is 13.7 Å². The average molecular weight is 189 g/mol. The summed E-state index contributed by atoms with van der Waals surface area (Å²) in [6, 6.07) is 7.78. The molecule has 0 aliphatic heterocycles. The van der Waals surface area contributed by atoms with Gasteiger partial charge < -0.3 is 10.1 Å². The maximum atomic E-state index is 5.42. The van der Waals surface area contributed by atoms with Crippen molar-refractivity contribution in [2.75, 3.05) is 13.7 Å². The van der Waals surface area contributed by atoms with Crippen molar-refractivity contribution in [1.29, 1.82) is 0 Å². The molecular weight excluding hydrogens is 174 g/mol. The Kier molecular flexibility index (Phi) is 4.03. The van der Waals surface area contributed by atoms with Crippen molar-refractivity contribution in [1.82, 2.24) is 5.32 Å². The number of rotatable bonds is 4. The summed E-state index contributed by atoms with van der Waals surface area (Å²) < 4.78 is 5.07. The maximum Gasteiger partial charge on any atom is 0.118 e. The molecule has 0 aliphatic carbocycles. The lowest BCUT2D eigenvalue weighted by Crippen LogP contribution is -2.18. The van der Waals surface area contributed by atoms with E-state index in [0.29, 0.717) is 0 Å². The van der Waals surface area contributed by atoms with Crippen LogP contribution in [0.3, 0.4) is 0 Å². The van der Waals surface area contributed by atoms with Crippen molar-refractivity contribution >= 4 is 0 Å². The number of ether oxygens (including phenoxy) is 1. The Bertz CT molecular complexity index is 310. The van der Waals surface area contributed by atoms with E-state index in [1.807, 2.05) is 31.2 Å². The highest BCUT2D eigenvalue weighted by Gasteiger charge is 2.05. The zero-order valence-corrected chi connectivity index (χ0v) is 8.58. The van der Waals surface area contributed by atoms with Crippen molar-refractivity contribution in [3.8, 4) is 18.1 Å². The highest BCUT2D eigenvalue weighted by molar-refractivity contribution is 5.32. The summed E-state index contributed by atoms with van der Waals surface area (Å²) in [5, 5.41) is 3.21. The average Bonchev–Trinajstić information content (AvgIpc) is 2.26. The van der Waals surface area contributed by atoms with E-state index < -0.39 is 0 Å². The molecule has 14 heavy (non-hydrogen) atoms. The third kappa shape index (κ3) is 2.51. The van der Waals surface area contributed by atoms with Crippen LogP contribution in [0.4, 0.5) is 0 Å². The van der Waals surface area contributed by atoms with Gasteiger partial charge in [-0.05, 0) is 24.2 Å². The van der Waals surface area contributed by atoms with Crippen molar-refractivity contribution in [2.45, 2.75) is 13.0 Å². The molecule has 1 aromatic carbocycles. The number of methoxy groups -OCH3 is 1. The number of terminal acetylenes is 1.